The first kappa shape index (κ1) is 10.6. The summed E-state index contributed by atoms with van der Waals surface area (Å²) in [6.45, 7) is 2.15. The third-order valence-electron chi connectivity index (χ3n) is 2.48. The van der Waals surface area contributed by atoms with E-state index in [2.05, 4.69) is 30.1 Å². The van der Waals surface area contributed by atoms with Gasteiger partial charge in [-0.25, -0.2) is 0 Å². The molecule has 0 amide bonds. The van der Waals surface area contributed by atoms with Gasteiger partial charge in [0, 0.05) is 6.21 Å². The molecule has 0 N–H and O–H groups in total. The lowest BCUT2D eigenvalue weighted by Crippen LogP contribution is -1.80. The average Bonchev–Trinajstić information content (AvgIpc) is 2.38. The fourth-order valence-corrected chi connectivity index (χ4v) is 1.54. The van der Waals surface area contributed by atoms with Crippen molar-refractivity contribution in [3.05, 3.63) is 65.7 Å². The first-order valence-corrected chi connectivity index (χ1v) is 5.56. The van der Waals surface area contributed by atoms with E-state index >= 15 is 0 Å². The minimum atomic E-state index is 1.02. The fourth-order valence-electron chi connectivity index (χ4n) is 1.54. The molecule has 0 aromatic heterocycles. The van der Waals surface area contributed by atoms with Crippen LogP contribution >= 0.6 is 0 Å². The van der Waals surface area contributed by atoms with Crippen LogP contribution in [0.5, 0.6) is 0 Å². The summed E-state index contributed by atoms with van der Waals surface area (Å²) in [6.07, 6.45) is 2.95. The molecule has 0 radical (unpaired) electrons. The van der Waals surface area contributed by atoms with Gasteiger partial charge in [0.2, 0.25) is 0 Å². The van der Waals surface area contributed by atoms with Crippen molar-refractivity contribution < 1.29 is 0 Å². The minimum absolute atomic E-state index is 1.02. The second-order valence-electron chi connectivity index (χ2n) is 3.69. The standard InChI is InChI=1S/C15H15N/c1-2-13-9-6-10-15(11-13)16-12-14-7-4-3-5-8-14/h3-12H,2H2,1H3/b16-12+. The molecular weight excluding hydrogens is 194 g/mol. The molecule has 1 nitrogen and oxygen atoms in total. The number of benzene rings is 2. The van der Waals surface area contributed by atoms with Crippen molar-refractivity contribution in [3.63, 3.8) is 0 Å². The number of rotatable bonds is 3. The molecular formula is C15H15N. The van der Waals surface area contributed by atoms with E-state index in [-0.39, 0.29) is 0 Å². The fraction of sp³-hybridized carbons (Fsp3) is 0.133. The molecule has 0 fully saturated rings. The van der Waals surface area contributed by atoms with Crippen LogP contribution in [0.1, 0.15) is 18.1 Å². The summed E-state index contributed by atoms with van der Waals surface area (Å²) < 4.78 is 0. The van der Waals surface area contributed by atoms with E-state index in [0.29, 0.717) is 0 Å². The quantitative estimate of drug-likeness (QED) is 0.677. The third kappa shape index (κ3) is 2.80. The zero-order valence-electron chi connectivity index (χ0n) is 9.43. The van der Waals surface area contributed by atoms with E-state index < -0.39 is 0 Å². The Hall–Kier alpha value is -1.89. The van der Waals surface area contributed by atoms with Crippen molar-refractivity contribution in [1.82, 2.24) is 0 Å². The molecule has 0 atom stereocenters. The number of hydrogen-bond donors (Lipinski definition) is 0. The van der Waals surface area contributed by atoms with E-state index in [1.165, 1.54) is 5.56 Å². The molecule has 0 saturated carbocycles. The summed E-state index contributed by atoms with van der Waals surface area (Å²) >= 11 is 0. The normalized spacial score (nSPS) is 10.8. The second-order valence-corrected chi connectivity index (χ2v) is 3.69. The highest BCUT2D eigenvalue weighted by Crippen LogP contribution is 2.14. The summed E-state index contributed by atoms with van der Waals surface area (Å²) in [6, 6.07) is 18.5. The third-order valence-corrected chi connectivity index (χ3v) is 2.48. The van der Waals surface area contributed by atoms with Crippen molar-refractivity contribution in [2.45, 2.75) is 13.3 Å². The molecule has 16 heavy (non-hydrogen) atoms. The van der Waals surface area contributed by atoms with Crippen molar-refractivity contribution >= 4 is 11.9 Å². The van der Waals surface area contributed by atoms with Gasteiger partial charge in [0.05, 0.1) is 5.69 Å². The molecule has 0 aliphatic rings. The molecule has 1 heteroatoms. The van der Waals surface area contributed by atoms with Crippen LogP contribution in [0.4, 0.5) is 5.69 Å². The molecule has 0 saturated heterocycles. The number of nitrogens with zero attached hydrogens (tertiary/aromatic N) is 1. The maximum absolute atomic E-state index is 4.46. The van der Waals surface area contributed by atoms with Crippen molar-refractivity contribution in [2.24, 2.45) is 4.99 Å². The van der Waals surface area contributed by atoms with Crippen LogP contribution in [-0.2, 0) is 6.42 Å². The molecule has 0 unspecified atom stereocenters. The van der Waals surface area contributed by atoms with Gasteiger partial charge in [0.15, 0.2) is 0 Å². The molecule has 0 heterocycles. The molecule has 0 aliphatic carbocycles. The van der Waals surface area contributed by atoms with Crippen LogP contribution in [0.3, 0.4) is 0 Å². The molecule has 2 aromatic rings. The Kier molecular flexibility index (Phi) is 3.50. The van der Waals surface area contributed by atoms with Crippen LogP contribution in [-0.4, -0.2) is 6.21 Å². The van der Waals surface area contributed by atoms with Gasteiger partial charge < -0.3 is 0 Å². The highest BCUT2D eigenvalue weighted by atomic mass is 14.7. The molecule has 2 aromatic carbocycles. The van der Waals surface area contributed by atoms with Crippen LogP contribution in [0.25, 0.3) is 0 Å². The Balaban J connectivity index is 2.17. The second kappa shape index (κ2) is 5.26. The van der Waals surface area contributed by atoms with Crippen LogP contribution < -0.4 is 0 Å². The Morgan fingerprint density at radius 2 is 1.81 bits per heavy atom. The molecule has 80 valence electrons. The van der Waals surface area contributed by atoms with Gasteiger partial charge in [-0.3, -0.25) is 4.99 Å². The minimum Gasteiger partial charge on any atom is -0.256 e. The molecule has 0 bridgehead atoms. The summed E-state index contributed by atoms with van der Waals surface area (Å²) in [5.74, 6) is 0. The van der Waals surface area contributed by atoms with Crippen molar-refractivity contribution in [3.8, 4) is 0 Å². The predicted molar refractivity (Wildman–Crippen MR) is 69.5 cm³/mol. The SMILES string of the molecule is CCc1cccc(/N=C/c2ccccc2)c1. The smallest absolute Gasteiger partial charge is 0.0632 e. The number of aliphatic imine (C=N–C) groups is 1. The van der Waals surface area contributed by atoms with Crippen molar-refractivity contribution in [2.75, 3.05) is 0 Å². The van der Waals surface area contributed by atoms with Gasteiger partial charge >= 0.3 is 0 Å². The van der Waals surface area contributed by atoms with Gasteiger partial charge in [-0.1, -0.05) is 49.4 Å². The lowest BCUT2D eigenvalue weighted by molar-refractivity contribution is 1.14. The van der Waals surface area contributed by atoms with E-state index in [0.717, 1.165) is 17.7 Å². The van der Waals surface area contributed by atoms with Gasteiger partial charge in [-0.15, -0.1) is 0 Å². The number of hydrogen-bond acceptors (Lipinski definition) is 1. The summed E-state index contributed by atoms with van der Waals surface area (Å²) in [7, 11) is 0. The zero-order chi connectivity index (χ0) is 11.2. The van der Waals surface area contributed by atoms with Crippen LogP contribution in [0.2, 0.25) is 0 Å². The lowest BCUT2D eigenvalue weighted by atomic mass is 10.1. The Morgan fingerprint density at radius 3 is 2.56 bits per heavy atom. The van der Waals surface area contributed by atoms with Gasteiger partial charge in [0.25, 0.3) is 0 Å². The van der Waals surface area contributed by atoms with E-state index in [4.69, 9.17) is 0 Å². The number of aryl methyl sites for hydroxylation is 1. The lowest BCUT2D eigenvalue weighted by Gasteiger charge is -1.98. The van der Waals surface area contributed by atoms with Gasteiger partial charge in [-0.05, 0) is 29.7 Å². The largest absolute Gasteiger partial charge is 0.256 e. The highest BCUT2D eigenvalue weighted by Gasteiger charge is 1.91. The molecule has 2 rings (SSSR count). The molecule has 0 aliphatic heterocycles. The average molecular weight is 209 g/mol. The van der Waals surface area contributed by atoms with Crippen LogP contribution in [0.15, 0.2) is 59.6 Å². The summed E-state index contributed by atoms with van der Waals surface area (Å²) in [4.78, 5) is 4.46. The van der Waals surface area contributed by atoms with Crippen molar-refractivity contribution in [1.29, 1.82) is 0 Å². The van der Waals surface area contributed by atoms with Gasteiger partial charge in [0.1, 0.15) is 0 Å². The summed E-state index contributed by atoms with van der Waals surface area (Å²) in [5.41, 5.74) is 3.47. The molecule has 0 spiro atoms. The van der Waals surface area contributed by atoms with E-state index in [1.807, 2.05) is 42.6 Å². The first-order chi connectivity index (χ1) is 7.88. The topological polar surface area (TPSA) is 12.4 Å². The Labute approximate surface area is 96.5 Å². The predicted octanol–water partition coefficient (Wildman–Crippen LogP) is 4.00. The maximum Gasteiger partial charge on any atom is 0.0632 e. The highest BCUT2D eigenvalue weighted by molar-refractivity contribution is 5.81. The van der Waals surface area contributed by atoms with Gasteiger partial charge in [-0.2, -0.15) is 0 Å². The first-order valence-electron chi connectivity index (χ1n) is 5.56. The van der Waals surface area contributed by atoms with E-state index in [9.17, 15) is 0 Å². The zero-order valence-corrected chi connectivity index (χ0v) is 9.43. The van der Waals surface area contributed by atoms with E-state index in [1.54, 1.807) is 0 Å². The van der Waals surface area contributed by atoms with Crippen LogP contribution in [0, 0.1) is 0 Å². The summed E-state index contributed by atoms with van der Waals surface area (Å²) in [5, 5.41) is 0. The monoisotopic (exact) mass is 209 g/mol. The Morgan fingerprint density at radius 1 is 1.00 bits per heavy atom. The maximum atomic E-state index is 4.46. The Bertz CT molecular complexity index is 472.